The summed E-state index contributed by atoms with van der Waals surface area (Å²) in [6, 6.07) is 2.89. The molecule has 0 heterocycles. The van der Waals surface area contributed by atoms with Crippen LogP contribution in [-0.2, 0) is 22.1 Å². The lowest BCUT2D eigenvalue weighted by atomic mass is 10.0. The average molecular weight is 250 g/mol. The van der Waals surface area contributed by atoms with Gasteiger partial charge < -0.3 is 4.74 Å². The zero-order chi connectivity index (χ0) is 13.1. The van der Waals surface area contributed by atoms with Crippen LogP contribution in [0.5, 0.6) is 0 Å². The molecule has 0 radical (unpaired) electrons. The van der Waals surface area contributed by atoms with E-state index in [1.54, 1.807) is 0 Å². The zero-order valence-corrected chi connectivity index (χ0v) is 8.97. The van der Waals surface area contributed by atoms with Gasteiger partial charge in [0, 0.05) is 0 Å². The van der Waals surface area contributed by atoms with Gasteiger partial charge >= 0.3 is 12.1 Å². The second kappa shape index (κ2) is 5.16. The molecule has 0 aromatic heterocycles. The van der Waals surface area contributed by atoms with Crippen LogP contribution in [0, 0.1) is 5.82 Å². The number of carbonyl (C=O) groups excluding carboxylic acids is 1. The van der Waals surface area contributed by atoms with E-state index >= 15 is 0 Å². The first kappa shape index (κ1) is 13.5. The predicted molar refractivity (Wildman–Crippen MR) is 51.7 cm³/mol. The zero-order valence-electron chi connectivity index (χ0n) is 8.97. The Balaban J connectivity index is 3.08. The molecule has 17 heavy (non-hydrogen) atoms. The lowest BCUT2D eigenvalue weighted by Gasteiger charge is -2.13. The van der Waals surface area contributed by atoms with Crippen LogP contribution in [-0.4, -0.2) is 12.6 Å². The minimum atomic E-state index is -4.83. The molecule has 1 aromatic carbocycles. The summed E-state index contributed by atoms with van der Waals surface area (Å²) in [6.45, 7) is 1.60. The number of ether oxygens (including phenoxy) is 1. The summed E-state index contributed by atoms with van der Waals surface area (Å²) in [7, 11) is 0. The first-order valence-electron chi connectivity index (χ1n) is 4.86. The van der Waals surface area contributed by atoms with Crippen LogP contribution in [0.1, 0.15) is 18.1 Å². The maximum absolute atomic E-state index is 13.1. The molecular formula is C11H10F4O2. The molecule has 94 valence electrons. The molecule has 0 amide bonds. The molecule has 1 aromatic rings. The Morgan fingerprint density at radius 3 is 2.53 bits per heavy atom. The number of alkyl halides is 3. The molecule has 0 fully saturated rings. The van der Waals surface area contributed by atoms with Crippen molar-refractivity contribution in [3.63, 3.8) is 0 Å². The fourth-order valence-corrected chi connectivity index (χ4v) is 1.40. The highest BCUT2D eigenvalue weighted by Crippen LogP contribution is 2.34. The molecule has 2 nitrogen and oxygen atoms in total. The Kier molecular flexibility index (Phi) is 4.09. The molecule has 0 aliphatic carbocycles. The normalized spacial score (nSPS) is 11.4. The summed E-state index contributed by atoms with van der Waals surface area (Å²) < 4.78 is 55.3. The SMILES string of the molecule is CCOC(=O)Cc1cccc(F)c1C(F)(F)F. The van der Waals surface area contributed by atoms with Crippen molar-refractivity contribution in [1.29, 1.82) is 0 Å². The Morgan fingerprint density at radius 2 is 2.00 bits per heavy atom. The first-order valence-corrected chi connectivity index (χ1v) is 4.86. The van der Waals surface area contributed by atoms with Gasteiger partial charge in [-0.15, -0.1) is 0 Å². The van der Waals surface area contributed by atoms with Crippen molar-refractivity contribution in [2.75, 3.05) is 6.61 Å². The Bertz CT molecular complexity index is 412. The predicted octanol–water partition coefficient (Wildman–Crippen LogP) is 2.95. The van der Waals surface area contributed by atoms with Crippen molar-refractivity contribution in [3.05, 3.63) is 35.1 Å². The standard InChI is InChI=1S/C11H10F4O2/c1-2-17-9(16)6-7-4-3-5-8(12)10(7)11(13,14)15/h3-5H,2,6H2,1H3. The number of hydrogen-bond donors (Lipinski definition) is 0. The van der Waals surface area contributed by atoms with E-state index in [-0.39, 0.29) is 6.61 Å². The molecule has 0 bridgehead atoms. The van der Waals surface area contributed by atoms with Crippen molar-refractivity contribution < 1.29 is 27.1 Å². The lowest BCUT2D eigenvalue weighted by Crippen LogP contribution is -2.16. The molecule has 0 unspecified atom stereocenters. The van der Waals surface area contributed by atoms with Gasteiger partial charge in [0.05, 0.1) is 18.6 Å². The Hall–Kier alpha value is -1.59. The summed E-state index contributed by atoms with van der Waals surface area (Å²) in [5, 5.41) is 0. The molecule has 0 N–H and O–H groups in total. The van der Waals surface area contributed by atoms with Crippen molar-refractivity contribution in [3.8, 4) is 0 Å². The Morgan fingerprint density at radius 1 is 1.35 bits per heavy atom. The summed E-state index contributed by atoms with van der Waals surface area (Å²) in [6.07, 6.45) is -5.42. The molecular weight excluding hydrogens is 240 g/mol. The second-order valence-corrected chi connectivity index (χ2v) is 3.25. The van der Waals surface area contributed by atoms with Gasteiger partial charge in [-0.1, -0.05) is 12.1 Å². The summed E-state index contributed by atoms with van der Waals surface area (Å²) in [5.41, 5.74) is -1.83. The van der Waals surface area contributed by atoms with E-state index in [1.165, 1.54) is 6.92 Å². The summed E-state index contributed by atoms with van der Waals surface area (Å²) >= 11 is 0. The van der Waals surface area contributed by atoms with E-state index in [1.807, 2.05) is 0 Å². The maximum atomic E-state index is 13.1. The van der Waals surface area contributed by atoms with E-state index in [2.05, 4.69) is 4.74 Å². The topological polar surface area (TPSA) is 26.3 Å². The number of esters is 1. The van der Waals surface area contributed by atoms with Crippen LogP contribution < -0.4 is 0 Å². The minimum Gasteiger partial charge on any atom is -0.466 e. The quantitative estimate of drug-likeness (QED) is 0.609. The van der Waals surface area contributed by atoms with Crippen molar-refractivity contribution in [1.82, 2.24) is 0 Å². The van der Waals surface area contributed by atoms with Gasteiger partial charge in [0.1, 0.15) is 5.82 Å². The molecule has 0 spiro atoms. The van der Waals surface area contributed by atoms with Crippen molar-refractivity contribution in [2.45, 2.75) is 19.5 Å². The summed E-state index contributed by atoms with van der Waals surface area (Å²) in [4.78, 5) is 11.1. The average Bonchev–Trinajstić information content (AvgIpc) is 2.15. The fourth-order valence-electron chi connectivity index (χ4n) is 1.40. The third kappa shape index (κ3) is 3.44. The van der Waals surface area contributed by atoms with E-state index in [9.17, 15) is 22.4 Å². The lowest BCUT2D eigenvalue weighted by molar-refractivity contribution is -0.144. The molecule has 0 atom stereocenters. The van der Waals surface area contributed by atoms with Crippen molar-refractivity contribution in [2.24, 2.45) is 0 Å². The number of hydrogen-bond acceptors (Lipinski definition) is 2. The highest BCUT2D eigenvalue weighted by Gasteiger charge is 2.37. The van der Waals surface area contributed by atoms with E-state index < -0.39 is 35.5 Å². The van der Waals surface area contributed by atoms with Gasteiger partial charge in [-0.25, -0.2) is 4.39 Å². The van der Waals surface area contributed by atoms with Crippen LogP contribution in [0.25, 0.3) is 0 Å². The van der Waals surface area contributed by atoms with Gasteiger partial charge in [0.15, 0.2) is 0 Å². The van der Waals surface area contributed by atoms with Gasteiger partial charge in [-0.3, -0.25) is 4.79 Å². The highest BCUT2D eigenvalue weighted by molar-refractivity contribution is 5.73. The highest BCUT2D eigenvalue weighted by atomic mass is 19.4. The fraction of sp³-hybridized carbons (Fsp3) is 0.364. The third-order valence-electron chi connectivity index (χ3n) is 2.02. The first-order chi connectivity index (χ1) is 7.86. The van der Waals surface area contributed by atoms with Crippen LogP contribution in [0.15, 0.2) is 18.2 Å². The summed E-state index contributed by atoms with van der Waals surface area (Å²) in [5.74, 6) is -2.21. The molecule has 0 saturated carbocycles. The molecule has 6 heteroatoms. The van der Waals surface area contributed by atoms with E-state index in [4.69, 9.17) is 0 Å². The van der Waals surface area contributed by atoms with Gasteiger partial charge in [0.25, 0.3) is 0 Å². The Labute approximate surface area is 95.2 Å². The maximum Gasteiger partial charge on any atom is 0.419 e. The molecule has 0 aliphatic heterocycles. The monoisotopic (exact) mass is 250 g/mol. The van der Waals surface area contributed by atoms with Crippen LogP contribution >= 0.6 is 0 Å². The molecule has 1 rings (SSSR count). The van der Waals surface area contributed by atoms with Gasteiger partial charge in [-0.2, -0.15) is 13.2 Å². The van der Waals surface area contributed by atoms with Gasteiger partial charge in [0.2, 0.25) is 0 Å². The van der Waals surface area contributed by atoms with Crippen LogP contribution in [0.4, 0.5) is 17.6 Å². The van der Waals surface area contributed by atoms with Crippen molar-refractivity contribution >= 4 is 5.97 Å². The number of rotatable bonds is 3. The molecule has 0 saturated heterocycles. The number of benzene rings is 1. The van der Waals surface area contributed by atoms with E-state index in [0.717, 1.165) is 12.1 Å². The molecule has 0 aliphatic rings. The van der Waals surface area contributed by atoms with Crippen LogP contribution in [0.3, 0.4) is 0 Å². The van der Waals surface area contributed by atoms with E-state index in [0.29, 0.717) is 6.07 Å². The minimum absolute atomic E-state index is 0.0650. The smallest absolute Gasteiger partial charge is 0.419 e. The number of carbonyl (C=O) groups is 1. The largest absolute Gasteiger partial charge is 0.466 e. The third-order valence-corrected chi connectivity index (χ3v) is 2.02. The van der Waals surface area contributed by atoms with Crippen LogP contribution in [0.2, 0.25) is 0 Å². The van der Waals surface area contributed by atoms with Gasteiger partial charge in [-0.05, 0) is 18.6 Å². The number of halogens is 4. The second-order valence-electron chi connectivity index (χ2n) is 3.25.